The molecule has 0 aromatic heterocycles. The minimum atomic E-state index is -3.93. The molecule has 14 nitrogen and oxygen atoms in total. The molecule has 0 saturated carbocycles. The van der Waals surface area contributed by atoms with Gasteiger partial charge < -0.3 is 19.9 Å². The second kappa shape index (κ2) is 14.2. The molecule has 4 N–H and O–H groups in total. The maximum absolute atomic E-state index is 13.9. The van der Waals surface area contributed by atoms with E-state index < -0.39 is 57.7 Å². The number of fused-ring (bicyclic) bond motifs is 1. The van der Waals surface area contributed by atoms with Crippen LogP contribution in [0.2, 0.25) is 0 Å². The van der Waals surface area contributed by atoms with E-state index in [0.29, 0.717) is 37.1 Å². The molecule has 230 valence electrons. The predicted molar refractivity (Wildman–Crippen MR) is 159 cm³/mol. The largest absolute Gasteiger partial charge is 0.356 e. The van der Waals surface area contributed by atoms with E-state index in [1.165, 1.54) is 15.9 Å². The van der Waals surface area contributed by atoms with E-state index in [2.05, 4.69) is 10.0 Å². The van der Waals surface area contributed by atoms with Crippen molar-refractivity contribution in [3.8, 4) is 0 Å². The van der Waals surface area contributed by atoms with E-state index in [0.717, 1.165) is 5.56 Å². The summed E-state index contributed by atoms with van der Waals surface area (Å²) >= 11 is 0. The molecule has 2 amide bonds. The van der Waals surface area contributed by atoms with Crippen molar-refractivity contribution in [1.29, 1.82) is 5.41 Å². The van der Waals surface area contributed by atoms with Gasteiger partial charge in [0.2, 0.25) is 21.8 Å². The predicted octanol–water partition coefficient (Wildman–Crippen LogP) is 1.28. The van der Waals surface area contributed by atoms with Crippen LogP contribution in [0.3, 0.4) is 0 Å². The van der Waals surface area contributed by atoms with E-state index in [-0.39, 0.29) is 12.4 Å². The minimum Gasteiger partial charge on any atom is -0.356 e. The van der Waals surface area contributed by atoms with Crippen molar-refractivity contribution in [2.45, 2.75) is 50.3 Å². The van der Waals surface area contributed by atoms with Crippen LogP contribution < -0.4 is 20.4 Å². The van der Waals surface area contributed by atoms with Crippen LogP contribution in [0.1, 0.15) is 30.9 Å². The number of carbonyl (C=O) groups is 2. The first-order chi connectivity index (χ1) is 20.6. The average Bonchev–Trinajstić information content (AvgIpc) is 2.95. The van der Waals surface area contributed by atoms with E-state index >= 15 is 0 Å². The highest BCUT2D eigenvalue weighted by molar-refractivity contribution is 7.88. The summed E-state index contributed by atoms with van der Waals surface area (Å²) in [6.45, 7) is 1.86. The maximum atomic E-state index is 13.9. The number of para-hydroxylation sites is 1. The van der Waals surface area contributed by atoms with Crippen molar-refractivity contribution in [2.24, 2.45) is 0 Å². The summed E-state index contributed by atoms with van der Waals surface area (Å²) in [5.74, 6) is -1.95. The molecule has 15 heteroatoms. The molecule has 0 spiro atoms. The number of likely N-dealkylation sites (tertiary alicyclic amines) is 1. The number of ether oxygens (including phenoxy) is 1. The number of hydrazine groups is 1. The third-order valence-electron chi connectivity index (χ3n) is 7.02. The average molecular weight is 614 g/mol. The summed E-state index contributed by atoms with van der Waals surface area (Å²) in [7, 11) is -3.93. The fraction of sp³-hybridized carbons (Fsp3) is 0.393. The normalized spacial score (nSPS) is 21.2. The standard InChI is InChI=1S/C28H35N7O7S/c1-2-42-27-23(15-9-17-33(27)28(29)31-35(38)39)30-25(36)18-34-24-16-7-6-12-21(24)13-8-14-22(26(34)37)32-43(40,41)19-20-10-4-3-5-11-20/h3-8,10-12,14,16,22-23,27,32H,2,9,13,15,17-19H2,1H3,(H2,29,31)(H,30,36)/b14-8-/t22-,23+,27?/m0/s1. The number of nitro groups is 1. The number of guanidine groups is 1. The van der Waals surface area contributed by atoms with Crippen molar-refractivity contribution in [3.63, 3.8) is 0 Å². The van der Waals surface area contributed by atoms with Crippen LogP contribution in [-0.4, -0.2) is 74.1 Å². The van der Waals surface area contributed by atoms with Crippen molar-refractivity contribution < 1.29 is 27.8 Å². The molecule has 2 aliphatic rings. The summed E-state index contributed by atoms with van der Waals surface area (Å²) in [6, 6.07) is 13.8. The maximum Gasteiger partial charge on any atom is 0.256 e. The molecular formula is C28H35N7O7S. The first-order valence-corrected chi connectivity index (χ1v) is 15.5. The fourth-order valence-corrected chi connectivity index (χ4v) is 6.48. The number of hydrogen-bond acceptors (Lipinski definition) is 8. The van der Waals surface area contributed by atoms with Gasteiger partial charge in [0, 0.05) is 18.8 Å². The lowest BCUT2D eigenvalue weighted by molar-refractivity contribution is -0.527. The number of benzene rings is 2. The Morgan fingerprint density at radius 3 is 2.60 bits per heavy atom. The van der Waals surface area contributed by atoms with Gasteiger partial charge in [-0.3, -0.25) is 15.0 Å². The molecule has 1 saturated heterocycles. The molecule has 43 heavy (non-hydrogen) atoms. The first kappa shape index (κ1) is 31.6. The zero-order valence-electron chi connectivity index (χ0n) is 23.6. The number of carbonyl (C=O) groups excluding carboxylic acids is 2. The molecule has 2 aromatic carbocycles. The van der Waals surface area contributed by atoms with Gasteiger partial charge in [-0.15, -0.1) is 0 Å². The molecule has 0 aliphatic carbocycles. The zero-order valence-corrected chi connectivity index (χ0v) is 24.5. The van der Waals surface area contributed by atoms with Crippen LogP contribution in [0, 0.1) is 15.5 Å². The van der Waals surface area contributed by atoms with Gasteiger partial charge in [0.1, 0.15) is 12.6 Å². The van der Waals surface area contributed by atoms with E-state index in [1.807, 2.05) is 17.6 Å². The van der Waals surface area contributed by atoms with Crippen molar-refractivity contribution in [3.05, 3.63) is 88.0 Å². The summed E-state index contributed by atoms with van der Waals surface area (Å²) in [5, 5.41) is 21.0. The summed E-state index contributed by atoms with van der Waals surface area (Å²) in [6.07, 6.45) is 3.78. The molecule has 2 heterocycles. The Hall–Kier alpha value is -4.34. The zero-order chi connectivity index (χ0) is 31.0. The highest BCUT2D eigenvalue weighted by Gasteiger charge is 2.37. The Labute approximate surface area is 249 Å². The van der Waals surface area contributed by atoms with Crippen LogP contribution in [0.4, 0.5) is 5.69 Å². The number of allylic oxidation sites excluding steroid dienone is 1. The van der Waals surface area contributed by atoms with Crippen LogP contribution in [0.25, 0.3) is 0 Å². The van der Waals surface area contributed by atoms with Gasteiger partial charge in [0.15, 0.2) is 11.3 Å². The summed E-state index contributed by atoms with van der Waals surface area (Å²) in [5.41, 5.74) is 3.65. The number of nitrogens with one attached hydrogen (secondary N) is 4. The second-order valence-corrected chi connectivity index (χ2v) is 11.9. The molecule has 0 radical (unpaired) electrons. The van der Waals surface area contributed by atoms with Gasteiger partial charge in [-0.25, -0.2) is 18.5 Å². The van der Waals surface area contributed by atoms with Gasteiger partial charge in [0.25, 0.3) is 5.96 Å². The lowest BCUT2D eigenvalue weighted by atomic mass is 10.0. The molecule has 2 aliphatic heterocycles. The summed E-state index contributed by atoms with van der Waals surface area (Å²) in [4.78, 5) is 40.9. The van der Waals surface area contributed by atoms with Crippen LogP contribution in [0.5, 0.6) is 0 Å². The number of sulfonamides is 1. The Morgan fingerprint density at radius 1 is 1.16 bits per heavy atom. The lowest BCUT2D eigenvalue weighted by Crippen LogP contribution is -2.61. The Bertz CT molecular complexity index is 1470. The highest BCUT2D eigenvalue weighted by atomic mass is 32.2. The number of hydrogen-bond donors (Lipinski definition) is 4. The highest BCUT2D eigenvalue weighted by Crippen LogP contribution is 2.25. The van der Waals surface area contributed by atoms with Crippen LogP contribution in [-0.2, 0) is 36.5 Å². The van der Waals surface area contributed by atoms with E-state index in [4.69, 9.17) is 10.1 Å². The first-order valence-electron chi connectivity index (χ1n) is 13.8. The molecule has 3 atom stereocenters. The molecular weight excluding hydrogens is 578 g/mol. The van der Waals surface area contributed by atoms with Gasteiger partial charge >= 0.3 is 0 Å². The molecule has 0 bridgehead atoms. The smallest absolute Gasteiger partial charge is 0.256 e. The minimum absolute atomic E-state index is 0.231. The van der Waals surface area contributed by atoms with E-state index in [9.17, 15) is 28.1 Å². The van der Waals surface area contributed by atoms with Crippen molar-refractivity contribution in [1.82, 2.24) is 20.4 Å². The Kier molecular flexibility index (Phi) is 10.4. The second-order valence-electron chi connectivity index (χ2n) is 10.1. The molecule has 2 aromatic rings. The molecule has 1 fully saturated rings. The SMILES string of the molecule is CCOC1[C@H](NC(=O)CN2C(=O)[C@@H](NS(=O)(=O)Cc3ccccc3)/C=C\Cc3ccccc32)CCCN1C(=N)N[N+](=O)[O-]. The van der Waals surface area contributed by atoms with Gasteiger partial charge in [-0.2, -0.15) is 4.72 Å². The third kappa shape index (κ3) is 8.37. The lowest BCUT2D eigenvalue weighted by Gasteiger charge is -2.41. The number of rotatable bonds is 10. The fourth-order valence-electron chi connectivity index (χ4n) is 5.20. The number of amides is 2. The van der Waals surface area contributed by atoms with Gasteiger partial charge in [0.05, 0.1) is 11.8 Å². The summed E-state index contributed by atoms with van der Waals surface area (Å²) < 4.78 is 34.3. The van der Waals surface area contributed by atoms with Crippen molar-refractivity contribution >= 4 is 33.5 Å². The third-order valence-corrected chi connectivity index (χ3v) is 8.35. The Balaban J connectivity index is 1.54. The van der Waals surface area contributed by atoms with Gasteiger partial charge in [-0.05, 0) is 43.4 Å². The number of piperidine rings is 1. The van der Waals surface area contributed by atoms with Crippen molar-refractivity contribution in [2.75, 3.05) is 24.6 Å². The van der Waals surface area contributed by atoms with Crippen LogP contribution in [0.15, 0.2) is 66.7 Å². The number of anilines is 1. The van der Waals surface area contributed by atoms with E-state index in [1.54, 1.807) is 55.5 Å². The number of nitrogens with zero attached hydrogens (tertiary/aromatic N) is 3. The quantitative estimate of drug-likeness (QED) is 0.101. The topological polar surface area (TPSA) is 187 Å². The monoisotopic (exact) mass is 613 g/mol. The Morgan fingerprint density at radius 2 is 1.88 bits per heavy atom. The van der Waals surface area contributed by atoms with Gasteiger partial charge in [-0.1, -0.05) is 66.1 Å². The van der Waals surface area contributed by atoms with Crippen LogP contribution >= 0.6 is 0 Å². The molecule has 1 unspecified atom stereocenters. The molecule has 4 rings (SSSR count).